The smallest absolute Gasteiger partial charge is 0.258 e. The second-order valence-electron chi connectivity index (χ2n) is 12.3. The fraction of sp³-hybridized carbons (Fsp3) is 0.400. The highest BCUT2D eigenvalue weighted by atomic mass is 35.5. The van der Waals surface area contributed by atoms with Gasteiger partial charge in [0, 0.05) is 43.1 Å². The van der Waals surface area contributed by atoms with E-state index in [0.717, 1.165) is 0 Å². The summed E-state index contributed by atoms with van der Waals surface area (Å²) in [6, 6.07) is 17.1. The highest BCUT2D eigenvalue weighted by Gasteiger charge is 2.35. The van der Waals surface area contributed by atoms with E-state index < -0.39 is 22.2 Å². The van der Waals surface area contributed by atoms with Crippen LogP contribution in [0.2, 0.25) is 5.02 Å². The van der Waals surface area contributed by atoms with Crippen LogP contribution in [0.15, 0.2) is 71.6 Å². The molecule has 0 saturated heterocycles. The zero-order chi connectivity index (χ0) is 35.7. The number of nitrogens with two attached hydrogens (primary N) is 1. The lowest BCUT2D eigenvalue weighted by molar-refractivity contribution is -0.116. The van der Waals surface area contributed by atoms with Gasteiger partial charge in [0.2, 0.25) is 21.8 Å². The first kappa shape index (κ1) is 37.6. The molecule has 0 bridgehead atoms. The van der Waals surface area contributed by atoms with Crippen molar-refractivity contribution in [1.29, 1.82) is 0 Å². The Balaban J connectivity index is 1.40. The Kier molecular flexibility index (Phi) is 13.0. The van der Waals surface area contributed by atoms with Gasteiger partial charge in [-0.1, -0.05) is 37.1 Å². The van der Waals surface area contributed by atoms with E-state index in [4.69, 9.17) is 22.1 Å². The molecule has 5 N–H and O–H groups in total. The van der Waals surface area contributed by atoms with Crippen LogP contribution in [0.5, 0.6) is 5.75 Å². The Labute approximate surface area is 292 Å². The molecular formula is C35H44ClN5O7S. The number of hydrogen-bond acceptors (Lipinski definition) is 8. The minimum absolute atomic E-state index is 0.0123. The van der Waals surface area contributed by atoms with E-state index in [1.807, 2.05) is 6.92 Å². The minimum atomic E-state index is -3.87. The van der Waals surface area contributed by atoms with Gasteiger partial charge in [-0.15, -0.1) is 0 Å². The Bertz CT molecular complexity index is 1740. The van der Waals surface area contributed by atoms with Crippen LogP contribution < -0.4 is 21.1 Å². The SMILES string of the molecule is C[C@@H]1CN([C@H](C)CO)C(=O)c2cc(NC(=O)CCCCCC(=O)Nc3ccccc3N)ccc2O[C@@H]1CN(C)S(=O)(=O)c1ccc(Cl)cc1. The number of fused-ring (bicyclic) bond motifs is 1. The van der Waals surface area contributed by atoms with Gasteiger partial charge in [0.05, 0.1) is 41.0 Å². The highest BCUT2D eigenvalue weighted by Crippen LogP contribution is 2.31. The molecule has 0 saturated carbocycles. The van der Waals surface area contributed by atoms with E-state index in [1.165, 1.54) is 41.7 Å². The molecule has 3 aromatic carbocycles. The topological polar surface area (TPSA) is 171 Å². The number of carbonyl (C=O) groups excluding carboxylic acids is 3. The summed E-state index contributed by atoms with van der Waals surface area (Å²) in [5, 5.41) is 16.0. The largest absolute Gasteiger partial charge is 0.488 e. The molecule has 12 nitrogen and oxygen atoms in total. The molecule has 0 radical (unpaired) electrons. The molecule has 264 valence electrons. The summed E-state index contributed by atoms with van der Waals surface area (Å²) in [4.78, 5) is 40.4. The van der Waals surface area contributed by atoms with Gasteiger partial charge >= 0.3 is 0 Å². The average molecular weight is 714 g/mol. The van der Waals surface area contributed by atoms with Crippen molar-refractivity contribution in [3.63, 3.8) is 0 Å². The third-order valence-corrected chi connectivity index (χ3v) is 10.5. The predicted octanol–water partition coefficient (Wildman–Crippen LogP) is 4.99. The lowest BCUT2D eigenvalue weighted by Gasteiger charge is -2.38. The third kappa shape index (κ3) is 9.94. The second-order valence-corrected chi connectivity index (χ2v) is 14.8. The van der Waals surface area contributed by atoms with E-state index in [0.29, 0.717) is 47.8 Å². The van der Waals surface area contributed by atoms with Crippen molar-refractivity contribution in [1.82, 2.24) is 9.21 Å². The van der Waals surface area contributed by atoms with Gasteiger partial charge in [0.25, 0.3) is 5.91 Å². The highest BCUT2D eigenvalue weighted by molar-refractivity contribution is 7.89. The summed E-state index contributed by atoms with van der Waals surface area (Å²) < 4.78 is 34.2. The maximum absolute atomic E-state index is 13.8. The van der Waals surface area contributed by atoms with Crippen LogP contribution in [0.4, 0.5) is 17.1 Å². The number of nitrogen functional groups attached to an aromatic ring is 1. The number of benzene rings is 3. The van der Waals surface area contributed by atoms with Crippen molar-refractivity contribution in [2.75, 3.05) is 43.1 Å². The van der Waals surface area contributed by atoms with Crippen LogP contribution in [0.1, 0.15) is 56.3 Å². The number of carbonyl (C=O) groups is 3. The molecule has 1 aliphatic rings. The summed E-state index contributed by atoms with van der Waals surface area (Å²) in [5.41, 5.74) is 7.51. The second kappa shape index (κ2) is 17.0. The quantitative estimate of drug-likeness (QED) is 0.134. The molecule has 0 aliphatic carbocycles. The van der Waals surface area contributed by atoms with Crippen molar-refractivity contribution >= 4 is 56.4 Å². The zero-order valence-electron chi connectivity index (χ0n) is 27.9. The summed E-state index contributed by atoms with van der Waals surface area (Å²) in [6.45, 7) is 3.51. The first-order chi connectivity index (χ1) is 23.3. The van der Waals surface area contributed by atoms with Gasteiger partial charge < -0.3 is 31.1 Å². The van der Waals surface area contributed by atoms with E-state index in [-0.39, 0.29) is 66.0 Å². The van der Waals surface area contributed by atoms with Crippen LogP contribution in [0.3, 0.4) is 0 Å². The molecule has 3 amide bonds. The molecular weight excluding hydrogens is 670 g/mol. The van der Waals surface area contributed by atoms with Gasteiger partial charge in [0.15, 0.2) is 0 Å². The summed E-state index contributed by atoms with van der Waals surface area (Å²) in [6.07, 6.45) is 1.69. The molecule has 3 atom stereocenters. The Morgan fingerprint density at radius 1 is 1.04 bits per heavy atom. The first-order valence-electron chi connectivity index (χ1n) is 16.2. The predicted molar refractivity (Wildman–Crippen MR) is 190 cm³/mol. The maximum atomic E-state index is 13.8. The van der Waals surface area contributed by atoms with Gasteiger partial charge in [-0.05, 0) is 74.4 Å². The molecule has 49 heavy (non-hydrogen) atoms. The maximum Gasteiger partial charge on any atom is 0.258 e. The first-order valence-corrected chi connectivity index (χ1v) is 18.0. The molecule has 14 heteroatoms. The fourth-order valence-corrected chi connectivity index (χ4v) is 6.76. The molecule has 0 unspecified atom stereocenters. The average Bonchev–Trinajstić information content (AvgIpc) is 3.07. The molecule has 4 rings (SSSR count). The number of nitrogens with one attached hydrogen (secondary N) is 2. The number of halogens is 1. The zero-order valence-corrected chi connectivity index (χ0v) is 29.5. The summed E-state index contributed by atoms with van der Waals surface area (Å²) in [7, 11) is -2.41. The van der Waals surface area contributed by atoms with Gasteiger partial charge in [0.1, 0.15) is 11.9 Å². The van der Waals surface area contributed by atoms with Gasteiger partial charge in [-0.2, -0.15) is 4.31 Å². The number of unbranched alkanes of at least 4 members (excludes halogenated alkanes) is 2. The van der Waals surface area contributed by atoms with Gasteiger partial charge in [-0.3, -0.25) is 14.4 Å². The molecule has 0 fully saturated rings. The van der Waals surface area contributed by atoms with E-state index in [9.17, 15) is 27.9 Å². The number of sulfonamides is 1. The number of para-hydroxylation sites is 2. The van der Waals surface area contributed by atoms with Crippen molar-refractivity contribution in [3.05, 3.63) is 77.3 Å². The number of hydrogen-bond donors (Lipinski definition) is 4. The molecule has 1 aliphatic heterocycles. The third-order valence-electron chi connectivity index (χ3n) is 8.45. The van der Waals surface area contributed by atoms with Crippen molar-refractivity contribution in [2.24, 2.45) is 5.92 Å². The molecule has 1 heterocycles. The number of amides is 3. The molecule has 0 spiro atoms. The minimum Gasteiger partial charge on any atom is -0.488 e. The Hall–Kier alpha value is -4.17. The normalized spacial score (nSPS) is 17.0. The Morgan fingerprint density at radius 3 is 2.35 bits per heavy atom. The van der Waals surface area contributed by atoms with Crippen LogP contribution in [-0.4, -0.2) is 79.3 Å². The summed E-state index contributed by atoms with van der Waals surface area (Å²) >= 11 is 5.95. The van der Waals surface area contributed by atoms with E-state index in [2.05, 4.69) is 10.6 Å². The summed E-state index contributed by atoms with van der Waals surface area (Å²) in [5.74, 6) is -0.846. The van der Waals surface area contributed by atoms with Crippen LogP contribution >= 0.6 is 11.6 Å². The lowest BCUT2D eigenvalue weighted by Crippen LogP contribution is -2.50. The number of ether oxygens (including phenoxy) is 1. The van der Waals surface area contributed by atoms with Crippen LogP contribution in [-0.2, 0) is 19.6 Å². The monoisotopic (exact) mass is 713 g/mol. The number of anilines is 3. The number of aliphatic hydroxyl groups is 1. The molecule has 3 aromatic rings. The van der Waals surface area contributed by atoms with Crippen molar-refractivity contribution in [2.45, 2.75) is 63.0 Å². The molecule has 0 aromatic heterocycles. The van der Waals surface area contributed by atoms with Crippen molar-refractivity contribution < 1.29 is 32.6 Å². The number of rotatable bonds is 14. The number of aliphatic hydroxyl groups excluding tert-OH is 1. The standard InChI is InChI=1S/C35H44ClN5O7S/c1-23-20-41(24(2)22-42)35(45)28-19-26(38-33(43)11-5-4-6-12-34(44)39-30-10-8-7-9-29(30)37)15-18-31(28)48-32(23)21-40(3)49(46,47)27-16-13-25(36)14-17-27/h7-10,13-19,23-24,32,42H,4-6,11-12,20-22,37H2,1-3H3,(H,38,43)(H,39,44)/t23-,24-,32-/m1/s1. The number of nitrogens with zero attached hydrogens (tertiary/aromatic N) is 2. The number of likely N-dealkylation sites (N-methyl/N-ethyl adjacent to an activating group) is 1. The van der Waals surface area contributed by atoms with E-state index >= 15 is 0 Å². The van der Waals surface area contributed by atoms with E-state index in [1.54, 1.807) is 48.2 Å². The van der Waals surface area contributed by atoms with Gasteiger partial charge in [-0.25, -0.2) is 8.42 Å². The van der Waals surface area contributed by atoms with Crippen molar-refractivity contribution in [3.8, 4) is 5.75 Å². The van der Waals surface area contributed by atoms with Crippen LogP contribution in [0, 0.1) is 5.92 Å². The Morgan fingerprint density at radius 2 is 1.69 bits per heavy atom. The van der Waals surface area contributed by atoms with Crippen LogP contribution in [0.25, 0.3) is 0 Å². The lowest BCUT2D eigenvalue weighted by atomic mass is 9.99. The fourth-order valence-electron chi connectivity index (χ4n) is 5.45.